The molecule has 0 saturated carbocycles. The Kier molecular flexibility index (Phi) is 4.57. The van der Waals surface area contributed by atoms with E-state index in [1.54, 1.807) is 11.8 Å². The molecule has 0 saturated heterocycles. The number of carbonyl (C=O) groups excluding carboxylic acids is 1. The van der Waals surface area contributed by atoms with Gasteiger partial charge in [0.05, 0.1) is 5.69 Å². The summed E-state index contributed by atoms with van der Waals surface area (Å²) in [5, 5.41) is 0.692. The van der Waals surface area contributed by atoms with Crippen molar-refractivity contribution in [3.8, 4) is 0 Å². The van der Waals surface area contributed by atoms with E-state index in [4.69, 9.17) is 11.6 Å². The van der Waals surface area contributed by atoms with E-state index in [0.717, 1.165) is 35.7 Å². The molecule has 0 fully saturated rings. The van der Waals surface area contributed by atoms with Crippen LogP contribution < -0.4 is 4.90 Å². The van der Waals surface area contributed by atoms with Crippen molar-refractivity contribution in [1.29, 1.82) is 0 Å². The number of hydrogen-bond acceptors (Lipinski definition) is 2. The van der Waals surface area contributed by atoms with Crippen LogP contribution in [0, 0.1) is 5.92 Å². The van der Waals surface area contributed by atoms with Crippen molar-refractivity contribution >= 4 is 35.0 Å². The summed E-state index contributed by atoms with van der Waals surface area (Å²) in [6, 6.07) is 5.79. The lowest BCUT2D eigenvalue weighted by atomic mass is 10.0. The normalized spacial score (nSPS) is 16.3. The van der Waals surface area contributed by atoms with Gasteiger partial charge >= 0.3 is 0 Å². The molecule has 1 aromatic carbocycles. The van der Waals surface area contributed by atoms with Gasteiger partial charge in [-0.1, -0.05) is 31.9 Å². The van der Waals surface area contributed by atoms with E-state index in [0.29, 0.717) is 5.02 Å². The minimum atomic E-state index is 0.0879. The SMILES string of the molecule is CCCC(C)C(=O)N1CCSc2ccc(Cl)cc21. The molecule has 0 N–H and O–H groups in total. The first-order chi connectivity index (χ1) is 8.63. The van der Waals surface area contributed by atoms with Gasteiger partial charge in [0.2, 0.25) is 5.91 Å². The maximum atomic E-state index is 12.4. The highest BCUT2D eigenvalue weighted by atomic mass is 35.5. The Morgan fingerprint density at radius 1 is 1.56 bits per heavy atom. The number of halogens is 1. The molecule has 1 aromatic rings. The van der Waals surface area contributed by atoms with Crippen LogP contribution in [0.4, 0.5) is 5.69 Å². The molecule has 1 heterocycles. The lowest BCUT2D eigenvalue weighted by Crippen LogP contribution is -2.38. The minimum Gasteiger partial charge on any atom is -0.310 e. The molecular formula is C14H18ClNOS. The molecule has 0 radical (unpaired) electrons. The first-order valence-electron chi connectivity index (χ1n) is 6.37. The van der Waals surface area contributed by atoms with E-state index in [1.807, 2.05) is 30.0 Å². The molecule has 0 aliphatic carbocycles. The number of nitrogens with zero attached hydrogens (tertiary/aromatic N) is 1. The van der Waals surface area contributed by atoms with Gasteiger partial charge in [-0.3, -0.25) is 4.79 Å². The Morgan fingerprint density at radius 3 is 3.06 bits per heavy atom. The second-order valence-corrected chi connectivity index (χ2v) is 6.21. The molecule has 2 rings (SSSR count). The maximum absolute atomic E-state index is 12.4. The van der Waals surface area contributed by atoms with Gasteiger partial charge in [0.15, 0.2) is 0 Å². The summed E-state index contributed by atoms with van der Waals surface area (Å²) in [5.74, 6) is 1.27. The minimum absolute atomic E-state index is 0.0879. The quantitative estimate of drug-likeness (QED) is 0.828. The molecule has 1 atom stereocenters. The molecule has 0 spiro atoms. The van der Waals surface area contributed by atoms with Crippen LogP contribution in [0.2, 0.25) is 5.02 Å². The van der Waals surface area contributed by atoms with Crippen LogP contribution in [-0.4, -0.2) is 18.2 Å². The van der Waals surface area contributed by atoms with Crippen molar-refractivity contribution in [2.45, 2.75) is 31.6 Å². The Labute approximate surface area is 118 Å². The first kappa shape index (κ1) is 13.8. The van der Waals surface area contributed by atoms with Crippen molar-refractivity contribution < 1.29 is 4.79 Å². The van der Waals surface area contributed by atoms with Gasteiger partial charge in [-0.2, -0.15) is 0 Å². The molecule has 98 valence electrons. The summed E-state index contributed by atoms with van der Waals surface area (Å²) in [6.07, 6.45) is 1.98. The summed E-state index contributed by atoms with van der Waals surface area (Å²) < 4.78 is 0. The number of hydrogen-bond donors (Lipinski definition) is 0. The Hall–Kier alpha value is -0.670. The standard InChI is InChI=1S/C14H18ClNOS/c1-3-4-10(2)14(17)16-7-8-18-13-6-5-11(15)9-12(13)16/h5-6,9-10H,3-4,7-8H2,1-2H3. The Balaban J connectivity index is 2.26. The molecule has 1 amide bonds. The zero-order valence-corrected chi connectivity index (χ0v) is 12.4. The summed E-state index contributed by atoms with van der Waals surface area (Å²) in [6.45, 7) is 4.91. The molecule has 1 aliphatic rings. The number of fused-ring (bicyclic) bond motifs is 1. The van der Waals surface area contributed by atoms with Crippen LogP contribution in [0.15, 0.2) is 23.1 Å². The number of amides is 1. The van der Waals surface area contributed by atoms with Gasteiger partial charge in [0, 0.05) is 28.1 Å². The molecule has 0 bridgehead atoms. The topological polar surface area (TPSA) is 20.3 Å². The fourth-order valence-electron chi connectivity index (χ4n) is 2.24. The van der Waals surface area contributed by atoms with Gasteiger partial charge in [-0.15, -0.1) is 11.8 Å². The van der Waals surface area contributed by atoms with Crippen LogP contribution in [0.3, 0.4) is 0 Å². The predicted octanol–water partition coefficient (Wildman–Crippen LogP) is 4.21. The lowest BCUT2D eigenvalue weighted by Gasteiger charge is -2.31. The Morgan fingerprint density at radius 2 is 2.33 bits per heavy atom. The van der Waals surface area contributed by atoms with Gasteiger partial charge in [-0.25, -0.2) is 0 Å². The summed E-state index contributed by atoms with van der Waals surface area (Å²) in [4.78, 5) is 15.5. The van der Waals surface area contributed by atoms with E-state index in [-0.39, 0.29) is 11.8 Å². The van der Waals surface area contributed by atoms with Crippen LogP contribution in [0.1, 0.15) is 26.7 Å². The second kappa shape index (κ2) is 5.98. The number of carbonyl (C=O) groups is 1. The van der Waals surface area contributed by atoms with E-state index in [9.17, 15) is 4.79 Å². The van der Waals surface area contributed by atoms with Crippen LogP contribution in [-0.2, 0) is 4.79 Å². The van der Waals surface area contributed by atoms with Crippen LogP contribution >= 0.6 is 23.4 Å². The number of rotatable bonds is 3. The number of anilines is 1. The monoisotopic (exact) mass is 283 g/mol. The molecule has 4 heteroatoms. The number of benzene rings is 1. The zero-order chi connectivity index (χ0) is 13.1. The molecular weight excluding hydrogens is 266 g/mol. The van der Waals surface area contributed by atoms with E-state index in [2.05, 4.69) is 6.92 Å². The van der Waals surface area contributed by atoms with E-state index >= 15 is 0 Å². The fraction of sp³-hybridized carbons (Fsp3) is 0.500. The van der Waals surface area contributed by atoms with Crippen molar-refractivity contribution in [3.63, 3.8) is 0 Å². The van der Waals surface area contributed by atoms with Crippen molar-refractivity contribution in [2.75, 3.05) is 17.2 Å². The average Bonchev–Trinajstić information content (AvgIpc) is 2.37. The lowest BCUT2D eigenvalue weighted by molar-refractivity contribution is -0.122. The van der Waals surface area contributed by atoms with Crippen molar-refractivity contribution in [2.24, 2.45) is 5.92 Å². The van der Waals surface area contributed by atoms with Crippen molar-refractivity contribution in [1.82, 2.24) is 0 Å². The second-order valence-electron chi connectivity index (χ2n) is 4.64. The third kappa shape index (κ3) is 2.83. The van der Waals surface area contributed by atoms with Gasteiger partial charge in [-0.05, 0) is 24.6 Å². The largest absolute Gasteiger partial charge is 0.310 e. The highest BCUT2D eigenvalue weighted by Crippen LogP contribution is 2.37. The van der Waals surface area contributed by atoms with Crippen LogP contribution in [0.5, 0.6) is 0 Å². The summed E-state index contributed by atoms with van der Waals surface area (Å²) >= 11 is 7.83. The third-order valence-corrected chi connectivity index (χ3v) is 4.47. The van der Waals surface area contributed by atoms with E-state index < -0.39 is 0 Å². The molecule has 2 nitrogen and oxygen atoms in total. The summed E-state index contributed by atoms with van der Waals surface area (Å²) in [7, 11) is 0. The predicted molar refractivity (Wildman–Crippen MR) is 78.6 cm³/mol. The molecule has 18 heavy (non-hydrogen) atoms. The third-order valence-electron chi connectivity index (χ3n) is 3.19. The van der Waals surface area contributed by atoms with Gasteiger partial charge in [0.25, 0.3) is 0 Å². The molecule has 0 aromatic heterocycles. The maximum Gasteiger partial charge on any atom is 0.229 e. The fourth-order valence-corrected chi connectivity index (χ4v) is 3.38. The zero-order valence-electron chi connectivity index (χ0n) is 10.8. The molecule has 1 unspecified atom stereocenters. The average molecular weight is 284 g/mol. The first-order valence-corrected chi connectivity index (χ1v) is 7.73. The number of thioether (sulfide) groups is 1. The Bertz CT molecular complexity index is 449. The van der Waals surface area contributed by atoms with Gasteiger partial charge < -0.3 is 4.90 Å². The summed E-state index contributed by atoms with van der Waals surface area (Å²) in [5.41, 5.74) is 0.978. The smallest absolute Gasteiger partial charge is 0.229 e. The van der Waals surface area contributed by atoms with Gasteiger partial charge in [0.1, 0.15) is 0 Å². The highest BCUT2D eigenvalue weighted by molar-refractivity contribution is 7.99. The molecule has 1 aliphatic heterocycles. The van der Waals surface area contributed by atoms with Crippen molar-refractivity contribution in [3.05, 3.63) is 23.2 Å². The van der Waals surface area contributed by atoms with E-state index in [1.165, 1.54) is 0 Å². The van der Waals surface area contributed by atoms with Crippen LogP contribution in [0.25, 0.3) is 0 Å². The highest BCUT2D eigenvalue weighted by Gasteiger charge is 2.26.